The van der Waals surface area contributed by atoms with E-state index >= 15 is 0 Å². The summed E-state index contributed by atoms with van der Waals surface area (Å²) in [5.41, 5.74) is 2.78. The maximum absolute atomic E-state index is 14.0. The SMILES string of the molecule is C[C@H]1CN(CC(=O)N2CC(C)(C)c3ccc(N4C(=O)N(Cc5ccnc6ccccc56)C(C)(C)C4=O)cc32)C[C@H](C)N1. The van der Waals surface area contributed by atoms with Crippen molar-refractivity contribution in [3.8, 4) is 0 Å². The fourth-order valence-electron chi connectivity index (χ4n) is 6.88. The van der Waals surface area contributed by atoms with E-state index in [4.69, 9.17) is 0 Å². The predicted molar refractivity (Wildman–Crippen MR) is 165 cm³/mol. The Morgan fingerprint density at radius 1 is 1.00 bits per heavy atom. The van der Waals surface area contributed by atoms with Gasteiger partial charge in [-0.05, 0) is 63.1 Å². The van der Waals surface area contributed by atoms with Gasteiger partial charge < -0.3 is 15.1 Å². The Balaban J connectivity index is 1.30. The molecule has 0 aliphatic carbocycles. The van der Waals surface area contributed by atoms with Gasteiger partial charge in [0, 0.05) is 60.9 Å². The molecule has 9 heteroatoms. The first-order valence-corrected chi connectivity index (χ1v) is 14.8. The van der Waals surface area contributed by atoms with Crippen LogP contribution < -0.4 is 15.1 Å². The van der Waals surface area contributed by atoms with Crippen LogP contribution in [-0.4, -0.2) is 76.4 Å². The minimum atomic E-state index is -1.05. The second-order valence-corrected chi connectivity index (χ2v) is 13.3. The van der Waals surface area contributed by atoms with Crippen LogP contribution in [0.25, 0.3) is 10.9 Å². The average molecular weight is 569 g/mol. The molecule has 3 aliphatic heterocycles. The van der Waals surface area contributed by atoms with E-state index in [9.17, 15) is 14.4 Å². The summed E-state index contributed by atoms with van der Waals surface area (Å²) in [7, 11) is 0. The van der Waals surface area contributed by atoms with Gasteiger partial charge in [-0.1, -0.05) is 38.1 Å². The normalized spacial score (nSPS) is 23.6. The zero-order chi connectivity index (χ0) is 30.0. The van der Waals surface area contributed by atoms with E-state index in [0.29, 0.717) is 30.9 Å². The van der Waals surface area contributed by atoms with Gasteiger partial charge in [0.05, 0.1) is 17.7 Å². The van der Waals surface area contributed by atoms with Crippen molar-refractivity contribution in [2.75, 3.05) is 36.0 Å². The third-order valence-electron chi connectivity index (χ3n) is 9.00. The molecule has 0 saturated carbocycles. The quantitative estimate of drug-likeness (QED) is 0.462. The molecule has 2 aromatic carbocycles. The van der Waals surface area contributed by atoms with Gasteiger partial charge in [0.15, 0.2) is 0 Å². The number of pyridine rings is 1. The number of urea groups is 1. The predicted octanol–water partition coefficient (Wildman–Crippen LogP) is 4.29. The van der Waals surface area contributed by atoms with Crippen LogP contribution in [0.15, 0.2) is 54.7 Å². The fourth-order valence-corrected chi connectivity index (χ4v) is 6.88. The first-order valence-electron chi connectivity index (χ1n) is 14.8. The number of hydrogen-bond acceptors (Lipinski definition) is 6. The lowest BCUT2D eigenvalue weighted by Gasteiger charge is -2.36. The monoisotopic (exact) mass is 568 g/mol. The molecule has 1 N–H and O–H groups in total. The number of benzene rings is 2. The highest BCUT2D eigenvalue weighted by Crippen LogP contribution is 2.44. The number of hydrogen-bond donors (Lipinski definition) is 1. The first-order chi connectivity index (χ1) is 19.9. The van der Waals surface area contributed by atoms with Crippen molar-refractivity contribution < 1.29 is 14.4 Å². The van der Waals surface area contributed by atoms with Crippen LogP contribution in [0.4, 0.5) is 16.2 Å². The molecule has 0 unspecified atom stereocenters. The van der Waals surface area contributed by atoms with Crippen LogP contribution >= 0.6 is 0 Å². The molecule has 42 heavy (non-hydrogen) atoms. The van der Waals surface area contributed by atoms with Gasteiger partial charge >= 0.3 is 6.03 Å². The van der Waals surface area contributed by atoms with Gasteiger partial charge in [-0.25, -0.2) is 9.69 Å². The molecule has 2 saturated heterocycles. The van der Waals surface area contributed by atoms with Crippen molar-refractivity contribution in [2.45, 2.75) is 71.1 Å². The second kappa shape index (κ2) is 10.2. The van der Waals surface area contributed by atoms with Crippen molar-refractivity contribution in [2.24, 2.45) is 0 Å². The van der Waals surface area contributed by atoms with Gasteiger partial charge in [-0.15, -0.1) is 0 Å². The van der Waals surface area contributed by atoms with Crippen molar-refractivity contribution in [1.82, 2.24) is 20.1 Å². The lowest BCUT2D eigenvalue weighted by Crippen LogP contribution is -2.56. The van der Waals surface area contributed by atoms with Gasteiger partial charge in [-0.2, -0.15) is 0 Å². The molecular weight excluding hydrogens is 528 g/mol. The first kappa shape index (κ1) is 28.3. The number of anilines is 2. The maximum atomic E-state index is 14.0. The molecule has 3 aromatic rings. The summed E-state index contributed by atoms with van der Waals surface area (Å²) in [4.78, 5) is 52.9. The Bertz CT molecular complexity index is 1570. The lowest BCUT2D eigenvalue weighted by molar-refractivity contribution is -0.123. The summed E-state index contributed by atoms with van der Waals surface area (Å²) < 4.78 is 0. The number of carbonyl (C=O) groups excluding carboxylic acids is 3. The summed E-state index contributed by atoms with van der Waals surface area (Å²) >= 11 is 0. The topological polar surface area (TPSA) is 89.1 Å². The third kappa shape index (κ3) is 4.74. The Hall–Kier alpha value is -3.82. The molecule has 220 valence electrons. The zero-order valence-corrected chi connectivity index (χ0v) is 25.3. The standard InChI is InChI=1S/C33H40N6O3/c1-21-16-36(17-22(2)35-21)19-29(40)37-20-32(3,4)26-12-11-24(15-28(26)37)39-30(41)33(5,6)38(31(39)42)18-23-13-14-34-27-10-8-7-9-25(23)27/h7-15,21-22,35H,16-20H2,1-6H3/t21-,22-/m0/s1. The number of rotatable bonds is 5. The van der Waals surface area contributed by atoms with E-state index in [2.05, 4.69) is 42.9 Å². The van der Waals surface area contributed by atoms with E-state index in [-0.39, 0.29) is 29.8 Å². The highest BCUT2D eigenvalue weighted by atomic mass is 16.2. The minimum absolute atomic E-state index is 0.0332. The Morgan fingerprint density at radius 2 is 1.71 bits per heavy atom. The van der Waals surface area contributed by atoms with Gasteiger partial charge in [-0.3, -0.25) is 19.5 Å². The van der Waals surface area contributed by atoms with Crippen molar-refractivity contribution in [3.63, 3.8) is 0 Å². The lowest BCUT2D eigenvalue weighted by atomic mass is 9.87. The van der Waals surface area contributed by atoms with Crippen LogP contribution in [0.3, 0.4) is 0 Å². The Labute approximate surface area is 247 Å². The number of amides is 4. The van der Waals surface area contributed by atoms with E-state index in [1.807, 2.05) is 53.4 Å². The largest absolute Gasteiger partial charge is 0.332 e. The summed E-state index contributed by atoms with van der Waals surface area (Å²) in [6.07, 6.45) is 1.74. The van der Waals surface area contributed by atoms with Gasteiger partial charge in [0.2, 0.25) is 5.91 Å². The smallest absolute Gasteiger partial charge is 0.310 e. The molecule has 1 aromatic heterocycles. The number of piperazine rings is 1. The van der Waals surface area contributed by atoms with Gasteiger partial charge in [0.1, 0.15) is 5.54 Å². The molecule has 0 radical (unpaired) electrons. The molecule has 9 nitrogen and oxygen atoms in total. The van der Waals surface area contributed by atoms with E-state index in [1.54, 1.807) is 24.9 Å². The van der Waals surface area contributed by atoms with Crippen molar-refractivity contribution in [3.05, 3.63) is 65.9 Å². The molecule has 0 spiro atoms. The zero-order valence-electron chi connectivity index (χ0n) is 25.3. The minimum Gasteiger partial charge on any atom is -0.310 e. The number of para-hydroxylation sites is 1. The molecule has 4 heterocycles. The number of aromatic nitrogens is 1. The van der Waals surface area contributed by atoms with Crippen LogP contribution in [0, 0.1) is 0 Å². The average Bonchev–Trinajstić information content (AvgIpc) is 3.29. The maximum Gasteiger partial charge on any atom is 0.332 e. The number of imide groups is 1. The van der Waals surface area contributed by atoms with Gasteiger partial charge in [0.25, 0.3) is 5.91 Å². The fraction of sp³-hybridized carbons (Fsp3) is 0.455. The molecule has 6 rings (SSSR count). The van der Waals surface area contributed by atoms with Crippen molar-refractivity contribution >= 4 is 40.1 Å². The highest BCUT2D eigenvalue weighted by molar-refractivity contribution is 6.23. The summed E-state index contributed by atoms with van der Waals surface area (Å²) in [6.45, 7) is 14.9. The number of nitrogens with zero attached hydrogens (tertiary/aromatic N) is 5. The molecule has 2 fully saturated rings. The van der Waals surface area contributed by atoms with Crippen molar-refractivity contribution in [1.29, 1.82) is 0 Å². The third-order valence-corrected chi connectivity index (χ3v) is 9.00. The van der Waals surface area contributed by atoms with Crippen LogP contribution in [-0.2, 0) is 21.5 Å². The second-order valence-electron chi connectivity index (χ2n) is 13.3. The van der Waals surface area contributed by atoms with Crippen LogP contribution in [0.5, 0.6) is 0 Å². The van der Waals surface area contributed by atoms with E-state index < -0.39 is 5.54 Å². The molecule has 0 bridgehead atoms. The summed E-state index contributed by atoms with van der Waals surface area (Å²) in [5, 5.41) is 4.47. The number of fused-ring (bicyclic) bond motifs is 2. The Kier molecular flexibility index (Phi) is 6.85. The summed E-state index contributed by atoms with van der Waals surface area (Å²) in [6, 6.07) is 15.6. The molecule has 4 amide bonds. The molecular formula is C33H40N6O3. The number of nitrogens with one attached hydrogen (secondary N) is 1. The Morgan fingerprint density at radius 3 is 2.45 bits per heavy atom. The summed E-state index contributed by atoms with van der Waals surface area (Å²) in [5.74, 6) is -0.254. The molecule has 3 aliphatic rings. The molecule has 2 atom stereocenters. The van der Waals surface area contributed by atoms with Crippen LogP contribution in [0.2, 0.25) is 0 Å². The number of carbonyl (C=O) groups is 3. The van der Waals surface area contributed by atoms with E-state index in [0.717, 1.165) is 40.8 Å². The van der Waals surface area contributed by atoms with E-state index in [1.165, 1.54) is 4.90 Å². The highest BCUT2D eigenvalue weighted by Gasteiger charge is 2.52. The van der Waals surface area contributed by atoms with Crippen LogP contribution in [0.1, 0.15) is 52.7 Å².